The quantitative estimate of drug-likeness (QED) is 0.0941. The van der Waals surface area contributed by atoms with Crippen LogP contribution in [0.2, 0.25) is 0 Å². The van der Waals surface area contributed by atoms with E-state index in [0.29, 0.717) is 0 Å². The topological polar surface area (TPSA) is 0 Å². The normalized spacial score (nSPS) is 14.6. The molecule has 0 bridgehead atoms. The molecule has 0 aromatic rings. The summed E-state index contributed by atoms with van der Waals surface area (Å²) in [6, 6.07) is -2.98. The SMILES string of the molecule is Cl[Si](Cl)(Cl)C(Br)(Br)C(Br)(Br)CCCCCCCC(Br)(Br)Br. The van der Waals surface area contributed by atoms with Gasteiger partial charge < -0.3 is 0 Å². The summed E-state index contributed by atoms with van der Waals surface area (Å²) >= 11 is 43.2. The molecule has 0 aromatic carbocycles. The third-order valence-electron chi connectivity index (χ3n) is 2.77. The first-order valence-electron chi connectivity index (χ1n) is 6.10. The lowest BCUT2D eigenvalue weighted by atomic mass is 10.1. The summed E-state index contributed by atoms with van der Waals surface area (Å²) in [5.74, 6) is 0. The summed E-state index contributed by atoms with van der Waals surface area (Å²) < 4.78 is -1.36. The van der Waals surface area contributed by atoms with Gasteiger partial charge in [0.2, 0.25) is 0 Å². The summed E-state index contributed by atoms with van der Waals surface area (Å²) in [6.07, 6.45) is 7.65. The van der Waals surface area contributed by atoms with Crippen molar-refractivity contribution in [3.8, 4) is 0 Å². The van der Waals surface area contributed by atoms with Gasteiger partial charge >= 0.3 is 6.00 Å². The predicted octanol–water partition coefficient (Wildman–Crippen LogP) is 9.72. The molecule has 0 nitrogen and oxygen atoms in total. The van der Waals surface area contributed by atoms with Crippen molar-refractivity contribution in [3.05, 3.63) is 0 Å². The molecule has 0 rings (SSSR count). The highest BCUT2D eigenvalue weighted by Crippen LogP contribution is 2.59. The summed E-state index contributed by atoms with van der Waals surface area (Å²) in [5, 5.41) is 0. The summed E-state index contributed by atoms with van der Waals surface area (Å²) in [5.41, 5.74) is 0. The van der Waals surface area contributed by atoms with Crippen LogP contribution in [0, 0.1) is 0 Å². The minimum absolute atomic E-state index is 0.117. The lowest BCUT2D eigenvalue weighted by molar-refractivity contribution is 0.578. The van der Waals surface area contributed by atoms with Gasteiger partial charge in [-0.3, -0.25) is 0 Å². The minimum Gasteiger partial charge on any atom is -0.124 e. The van der Waals surface area contributed by atoms with Gasteiger partial charge in [0.1, 0.15) is 8.23 Å². The molecule has 11 heteroatoms. The molecule has 0 saturated heterocycles. The fraction of sp³-hybridized carbons (Fsp3) is 1.00. The van der Waals surface area contributed by atoms with Crippen LogP contribution < -0.4 is 0 Å². The van der Waals surface area contributed by atoms with Crippen molar-refractivity contribution in [2.45, 2.75) is 53.2 Å². The van der Waals surface area contributed by atoms with Crippen LogP contribution in [0.5, 0.6) is 0 Å². The van der Waals surface area contributed by atoms with E-state index in [9.17, 15) is 0 Å². The molecule has 0 atom stereocenters. The van der Waals surface area contributed by atoms with E-state index in [-0.39, 0.29) is 2.14 Å². The maximum atomic E-state index is 6.14. The largest absolute Gasteiger partial charge is 0.370 e. The zero-order valence-corrected chi connectivity index (χ0v) is 25.1. The van der Waals surface area contributed by atoms with E-state index in [1.54, 1.807) is 0 Å². The molecule has 0 N–H and O–H groups in total. The van der Waals surface area contributed by atoms with Crippen molar-refractivity contribution >= 4 is 151 Å². The molecule has 0 aromatic heterocycles. The van der Waals surface area contributed by atoms with Crippen LogP contribution in [0.3, 0.4) is 0 Å². The van der Waals surface area contributed by atoms with Crippen molar-refractivity contribution in [2.24, 2.45) is 0 Å². The van der Waals surface area contributed by atoms with Crippen LogP contribution in [0.15, 0.2) is 0 Å². The average molecular weight is 828 g/mol. The van der Waals surface area contributed by atoms with Gasteiger partial charge in [-0.2, -0.15) is 0 Å². The van der Waals surface area contributed by atoms with Gasteiger partial charge in [0.05, 0.1) is 0 Å². The Bertz CT molecular complexity index is 315. The molecular formula is C10H14Br7Cl3Si. The van der Waals surface area contributed by atoms with Crippen LogP contribution in [0.25, 0.3) is 0 Å². The van der Waals surface area contributed by atoms with E-state index in [1.165, 1.54) is 12.8 Å². The molecule has 128 valence electrons. The Hall–Kier alpha value is 4.45. The number of hydrogen-bond donors (Lipinski definition) is 0. The first kappa shape index (κ1) is 25.4. The first-order chi connectivity index (χ1) is 9.21. The van der Waals surface area contributed by atoms with E-state index >= 15 is 0 Å². The van der Waals surface area contributed by atoms with Crippen LogP contribution in [-0.2, 0) is 0 Å². The molecule has 0 fully saturated rings. The monoisotopic (exact) mass is 819 g/mol. The van der Waals surface area contributed by atoms with Crippen LogP contribution in [-0.4, -0.2) is 14.2 Å². The van der Waals surface area contributed by atoms with E-state index < -0.39 is 12.1 Å². The second-order valence-electron chi connectivity index (χ2n) is 4.66. The van der Waals surface area contributed by atoms with Crippen LogP contribution >= 0.6 is 145 Å². The zero-order valence-electron chi connectivity index (χ0n) is 10.7. The molecule has 0 amide bonds. The van der Waals surface area contributed by atoms with Gasteiger partial charge in [0, 0.05) is 0 Å². The molecule has 0 heterocycles. The molecule has 0 unspecified atom stereocenters. The molecular weight excluding hydrogens is 814 g/mol. The zero-order chi connectivity index (χ0) is 16.9. The number of hydrogen-bond acceptors (Lipinski definition) is 0. The van der Waals surface area contributed by atoms with Crippen molar-refractivity contribution in [3.63, 3.8) is 0 Å². The smallest absolute Gasteiger partial charge is 0.124 e. The molecule has 0 spiro atoms. The van der Waals surface area contributed by atoms with Gasteiger partial charge in [-0.15, -0.1) is 33.2 Å². The Morgan fingerprint density at radius 1 is 0.619 bits per heavy atom. The molecule has 0 saturated carbocycles. The third kappa shape index (κ3) is 10.4. The molecule has 0 radical (unpaired) electrons. The second-order valence-corrected chi connectivity index (χ2v) is 29.2. The van der Waals surface area contributed by atoms with E-state index in [0.717, 1.165) is 32.1 Å². The molecule has 21 heavy (non-hydrogen) atoms. The standard InChI is InChI=1S/C10H14Br7Cl3Si/c11-8(12,10(16,17)21(18,19)20)6-4-2-1-3-5-7-9(13,14)15/h1-7H2. The highest BCUT2D eigenvalue weighted by Gasteiger charge is 2.59. The Morgan fingerprint density at radius 2 is 1.00 bits per heavy atom. The van der Waals surface area contributed by atoms with Crippen LogP contribution in [0.4, 0.5) is 0 Å². The molecule has 0 aliphatic carbocycles. The van der Waals surface area contributed by atoms with Crippen molar-refractivity contribution in [1.82, 2.24) is 0 Å². The van der Waals surface area contributed by atoms with Gasteiger partial charge in [0.15, 0.2) is 0 Å². The Balaban J connectivity index is 4.02. The van der Waals surface area contributed by atoms with Crippen molar-refractivity contribution in [1.29, 1.82) is 0 Å². The van der Waals surface area contributed by atoms with Gasteiger partial charge in [-0.05, 0) is 12.8 Å². The number of rotatable bonds is 9. The molecule has 0 aliphatic heterocycles. The van der Waals surface area contributed by atoms with Gasteiger partial charge in [-0.1, -0.05) is 144 Å². The fourth-order valence-electron chi connectivity index (χ4n) is 1.57. The lowest BCUT2D eigenvalue weighted by Gasteiger charge is -2.38. The summed E-state index contributed by atoms with van der Waals surface area (Å²) in [4.78, 5) is 0. The van der Waals surface area contributed by atoms with Crippen molar-refractivity contribution in [2.75, 3.05) is 0 Å². The Morgan fingerprint density at radius 3 is 1.38 bits per heavy atom. The van der Waals surface area contributed by atoms with Gasteiger partial charge in [-0.25, -0.2) is 0 Å². The maximum Gasteiger partial charge on any atom is 0.370 e. The third-order valence-corrected chi connectivity index (χ3v) is 21.5. The minimum atomic E-state index is -2.98. The van der Waals surface area contributed by atoms with Gasteiger partial charge in [0.25, 0.3) is 0 Å². The van der Waals surface area contributed by atoms with Crippen LogP contribution in [0.1, 0.15) is 44.9 Å². The van der Waals surface area contributed by atoms with Crippen molar-refractivity contribution < 1.29 is 0 Å². The highest BCUT2D eigenvalue weighted by molar-refractivity contribution is 9.39. The molecule has 0 aliphatic rings. The number of unbranched alkanes of at least 4 members (excludes halogenated alkanes) is 4. The first-order valence-corrected chi connectivity index (χ1v) is 16.7. The summed E-state index contributed by atoms with van der Waals surface area (Å²) in [6.45, 7) is 0. The highest BCUT2D eigenvalue weighted by atomic mass is 80.0. The lowest BCUT2D eigenvalue weighted by Crippen LogP contribution is -2.48. The average Bonchev–Trinajstić information content (AvgIpc) is 2.24. The Labute approximate surface area is 201 Å². The Kier molecular flexibility index (Phi) is 13.0. The van der Waals surface area contributed by atoms with E-state index in [1.807, 2.05) is 0 Å². The predicted molar refractivity (Wildman–Crippen MR) is 126 cm³/mol. The fourth-order valence-corrected chi connectivity index (χ4v) is 9.20. The van der Waals surface area contributed by atoms with E-state index in [4.69, 9.17) is 33.2 Å². The summed E-state index contributed by atoms with van der Waals surface area (Å²) in [7, 11) is 0. The number of alkyl halides is 7. The second kappa shape index (κ2) is 10.7. The van der Waals surface area contributed by atoms with E-state index in [2.05, 4.69) is 112 Å². The maximum absolute atomic E-state index is 6.14. The number of halogens is 10.